The first-order valence-corrected chi connectivity index (χ1v) is 7.40. The smallest absolute Gasteiger partial charge is 0.234 e. The monoisotopic (exact) mass is 294 g/mol. The minimum absolute atomic E-state index is 0.100. The molecule has 116 valence electrons. The number of aliphatic hydroxyl groups is 1. The molecule has 21 heavy (non-hydrogen) atoms. The molecule has 1 aliphatic heterocycles. The maximum atomic E-state index is 13.3. The van der Waals surface area contributed by atoms with E-state index in [1.807, 2.05) is 12.1 Å². The number of alkyl halides is 1. The number of nitrogens with one attached hydrogen (secondary N) is 1. The summed E-state index contributed by atoms with van der Waals surface area (Å²) >= 11 is 0. The zero-order valence-corrected chi connectivity index (χ0v) is 12.4. The predicted octanol–water partition coefficient (Wildman–Crippen LogP) is 1.06. The predicted molar refractivity (Wildman–Crippen MR) is 79.9 cm³/mol. The molecule has 0 spiro atoms. The van der Waals surface area contributed by atoms with Crippen LogP contribution >= 0.6 is 0 Å². The molecule has 2 rings (SSSR count). The molecule has 0 aliphatic carbocycles. The number of aliphatic hydroxyl groups excluding tert-OH is 1. The molecule has 0 radical (unpaired) electrons. The zero-order valence-electron chi connectivity index (χ0n) is 12.4. The lowest BCUT2D eigenvalue weighted by molar-refractivity contribution is -0.122. The highest BCUT2D eigenvalue weighted by Crippen LogP contribution is 2.19. The highest BCUT2D eigenvalue weighted by Gasteiger charge is 2.32. The summed E-state index contributed by atoms with van der Waals surface area (Å²) in [5.74, 6) is -0.115. The van der Waals surface area contributed by atoms with Crippen molar-refractivity contribution in [2.75, 3.05) is 26.2 Å². The Kier molecular flexibility index (Phi) is 5.70. The third kappa shape index (κ3) is 4.51. The highest BCUT2D eigenvalue weighted by molar-refractivity contribution is 5.78. The molecule has 1 aromatic rings. The van der Waals surface area contributed by atoms with Gasteiger partial charge in [-0.1, -0.05) is 24.3 Å². The number of nitrogens with zero attached hydrogens (tertiary/aromatic N) is 1. The van der Waals surface area contributed by atoms with E-state index in [4.69, 9.17) is 0 Å². The van der Waals surface area contributed by atoms with Crippen molar-refractivity contribution in [3.8, 4) is 0 Å². The maximum absolute atomic E-state index is 13.3. The standard InChI is InChI=1S/C16H23FN2O2/c1-12-4-2-3-5-13(12)6-7-18-16(21)10-19-9-14(17)8-15(19)11-20/h2-5,14-15,20H,6-11H2,1H3,(H,18,21)/t14-,15-/m0/s1. The van der Waals surface area contributed by atoms with Crippen molar-refractivity contribution in [1.82, 2.24) is 10.2 Å². The maximum Gasteiger partial charge on any atom is 0.234 e. The fraction of sp³-hybridized carbons (Fsp3) is 0.562. The number of hydrogen-bond donors (Lipinski definition) is 2. The van der Waals surface area contributed by atoms with Crippen molar-refractivity contribution in [3.05, 3.63) is 35.4 Å². The molecule has 1 heterocycles. The molecule has 2 N–H and O–H groups in total. The van der Waals surface area contributed by atoms with E-state index in [-0.39, 0.29) is 31.6 Å². The van der Waals surface area contributed by atoms with Gasteiger partial charge in [0.25, 0.3) is 0 Å². The Bertz CT molecular complexity index is 481. The van der Waals surface area contributed by atoms with E-state index in [1.165, 1.54) is 11.1 Å². The Labute approximate surface area is 125 Å². The summed E-state index contributed by atoms with van der Waals surface area (Å²) in [6.07, 6.45) is 0.155. The molecule has 1 saturated heterocycles. The minimum atomic E-state index is -0.943. The number of carbonyl (C=O) groups excluding carboxylic acids is 1. The number of benzene rings is 1. The lowest BCUT2D eigenvalue weighted by Gasteiger charge is -2.21. The molecule has 0 unspecified atom stereocenters. The van der Waals surface area contributed by atoms with E-state index in [2.05, 4.69) is 24.4 Å². The summed E-state index contributed by atoms with van der Waals surface area (Å²) in [5, 5.41) is 12.0. The van der Waals surface area contributed by atoms with Crippen LogP contribution in [0.15, 0.2) is 24.3 Å². The molecule has 1 fully saturated rings. The van der Waals surface area contributed by atoms with Crippen molar-refractivity contribution in [2.24, 2.45) is 0 Å². The molecule has 1 amide bonds. The molecule has 5 heteroatoms. The van der Waals surface area contributed by atoms with Crippen LogP contribution in [0.5, 0.6) is 0 Å². The van der Waals surface area contributed by atoms with E-state index >= 15 is 0 Å². The zero-order chi connectivity index (χ0) is 15.2. The lowest BCUT2D eigenvalue weighted by Crippen LogP contribution is -2.41. The normalized spacial score (nSPS) is 22.4. The Hall–Kier alpha value is -1.46. The van der Waals surface area contributed by atoms with Crippen molar-refractivity contribution in [2.45, 2.75) is 32.0 Å². The molecular weight excluding hydrogens is 271 g/mol. The van der Waals surface area contributed by atoms with Gasteiger partial charge in [-0.3, -0.25) is 9.69 Å². The number of likely N-dealkylation sites (tertiary alicyclic amines) is 1. The third-order valence-electron chi connectivity index (χ3n) is 4.01. The molecule has 4 nitrogen and oxygen atoms in total. The summed E-state index contributed by atoms with van der Waals surface area (Å²) in [7, 11) is 0. The molecule has 0 aromatic heterocycles. The molecule has 0 bridgehead atoms. The minimum Gasteiger partial charge on any atom is -0.395 e. The van der Waals surface area contributed by atoms with E-state index in [0.717, 1.165) is 6.42 Å². The Balaban J connectivity index is 1.74. The van der Waals surface area contributed by atoms with Crippen LogP contribution in [0.3, 0.4) is 0 Å². The Morgan fingerprint density at radius 3 is 2.95 bits per heavy atom. The van der Waals surface area contributed by atoms with Crippen LogP contribution in [-0.2, 0) is 11.2 Å². The van der Waals surface area contributed by atoms with E-state index < -0.39 is 6.17 Å². The number of halogens is 1. The SMILES string of the molecule is Cc1ccccc1CCNC(=O)CN1C[C@@H](F)C[C@H]1CO. The Morgan fingerprint density at radius 1 is 1.48 bits per heavy atom. The fourth-order valence-electron chi connectivity index (χ4n) is 2.77. The summed E-state index contributed by atoms with van der Waals surface area (Å²) in [5.41, 5.74) is 2.43. The third-order valence-corrected chi connectivity index (χ3v) is 4.01. The van der Waals surface area contributed by atoms with Crippen LogP contribution in [0.25, 0.3) is 0 Å². The average molecular weight is 294 g/mol. The van der Waals surface area contributed by atoms with Gasteiger partial charge in [-0.2, -0.15) is 0 Å². The number of hydrogen-bond acceptors (Lipinski definition) is 3. The van der Waals surface area contributed by atoms with Gasteiger partial charge in [-0.05, 0) is 30.9 Å². The second-order valence-electron chi connectivity index (χ2n) is 5.63. The first-order chi connectivity index (χ1) is 10.1. The summed E-state index contributed by atoms with van der Waals surface area (Å²) in [4.78, 5) is 13.6. The molecule has 0 saturated carbocycles. The quantitative estimate of drug-likeness (QED) is 0.825. The Morgan fingerprint density at radius 2 is 2.24 bits per heavy atom. The summed E-state index contributed by atoms with van der Waals surface area (Å²) in [6, 6.07) is 7.85. The summed E-state index contributed by atoms with van der Waals surface area (Å²) < 4.78 is 13.3. The first-order valence-electron chi connectivity index (χ1n) is 7.40. The van der Waals surface area contributed by atoms with Crippen LogP contribution in [0.2, 0.25) is 0 Å². The van der Waals surface area contributed by atoms with Crippen molar-refractivity contribution in [3.63, 3.8) is 0 Å². The van der Waals surface area contributed by atoms with Crippen LogP contribution in [0, 0.1) is 6.92 Å². The average Bonchev–Trinajstić information content (AvgIpc) is 2.81. The highest BCUT2D eigenvalue weighted by atomic mass is 19.1. The van der Waals surface area contributed by atoms with E-state index in [0.29, 0.717) is 13.0 Å². The van der Waals surface area contributed by atoms with Crippen LogP contribution in [0.1, 0.15) is 17.5 Å². The van der Waals surface area contributed by atoms with Gasteiger partial charge in [0.2, 0.25) is 5.91 Å². The topological polar surface area (TPSA) is 52.6 Å². The molecular formula is C16H23FN2O2. The van der Waals surface area contributed by atoms with E-state index in [9.17, 15) is 14.3 Å². The van der Waals surface area contributed by atoms with Gasteiger partial charge < -0.3 is 10.4 Å². The largest absolute Gasteiger partial charge is 0.395 e. The van der Waals surface area contributed by atoms with Crippen LogP contribution in [0.4, 0.5) is 4.39 Å². The fourth-order valence-corrected chi connectivity index (χ4v) is 2.77. The molecule has 1 aliphatic rings. The van der Waals surface area contributed by atoms with Gasteiger partial charge >= 0.3 is 0 Å². The van der Waals surface area contributed by atoms with E-state index in [1.54, 1.807) is 4.90 Å². The van der Waals surface area contributed by atoms with Crippen molar-refractivity contribution >= 4 is 5.91 Å². The second-order valence-corrected chi connectivity index (χ2v) is 5.63. The van der Waals surface area contributed by atoms with Gasteiger partial charge in [0.15, 0.2) is 0 Å². The number of amides is 1. The van der Waals surface area contributed by atoms with Gasteiger partial charge in [0.05, 0.1) is 13.2 Å². The van der Waals surface area contributed by atoms with Gasteiger partial charge in [-0.15, -0.1) is 0 Å². The van der Waals surface area contributed by atoms with Crippen molar-refractivity contribution in [1.29, 1.82) is 0 Å². The van der Waals surface area contributed by atoms with Gasteiger partial charge in [0, 0.05) is 19.1 Å². The van der Waals surface area contributed by atoms with Crippen LogP contribution < -0.4 is 5.32 Å². The second kappa shape index (κ2) is 7.52. The van der Waals surface area contributed by atoms with Crippen LogP contribution in [-0.4, -0.2) is 54.4 Å². The number of aryl methyl sites for hydroxylation is 1. The van der Waals surface area contributed by atoms with Crippen molar-refractivity contribution < 1.29 is 14.3 Å². The van der Waals surface area contributed by atoms with Gasteiger partial charge in [0.1, 0.15) is 6.17 Å². The number of rotatable bonds is 6. The summed E-state index contributed by atoms with van der Waals surface area (Å²) in [6.45, 7) is 2.90. The van der Waals surface area contributed by atoms with Gasteiger partial charge in [-0.25, -0.2) is 4.39 Å². The molecule has 1 aromatic carbocycles. The molecule has 2 atom stereocenters. The lowest BCUT2D eigenvalue weighted by atomic mass is 10.1. The number of carbonyl (C=O) groups is 1. The first kappa shape index (κ1) is 15.9.